The molecule has 0 saturated carbocycles. The second-order valence-corrected chi connectivity index (χ2v) is 7.22. The van der Waals surface area contributed by atoms with E-state index >= 15 is 0 Å². The topological polar surface area (TPSA) is 63.7 Å². The third-order valence-electron chi connectivity index (χ3n) is 3.64. The first-order chi connectivity index (χ1) is 9.88. The minimum atomic E-state index is -3.09. The number of sulfone groups is 1. The molecule has 0 N–H and O–H groups in total. The van der Waals surface area contributed by atoms with E-state index in [0.29, 0.717) is 13.0 Å². The molecule has 0 aromatic heterocycles. The highest BCUT2D eigenvalue weighted by atomic mass is 32.2. The first-order valence-corrected chi connectivity index (χ1v) is 8.55. The zero-order valence-electron chi connectivity index (χ0n) is 12.0. The Morgan fingerprint density at radius 2 is 2.19 bits per heavy atom. The zero-order chi connectivity index (χ0) is 15.6. The van der Waals surface area contributed by atoms with Crippen LogP contribution < -0.4 is 4.74 Å². The summed E-state index contributed by atoms with van der Waals surface area (Å²) in [5, 5.41) is 0. The molecule has 1 unspecified atom stereocenters. The van der Waals surface area contributed by atoms with Crippen LogP contribution in [-0.2, 0) is 9.84 Å². The lowest BCUT2D eigenvalue weighted by Crippen LogP contribution is -2.41. The Bertz CT molecular complexity index is 644. The summed E-state index contributed by atoms with van der Waals surface area (Å²) in [6, 6.07) is 3.36. The molecule has 21 heavy (non-hydrogen) atoms. The highest BCUT2D eigenvalue weighted by molar-refractivity contribution is 7.91. The monoisotopic (exact) mass is 315 g/mol. The Labute approximate surface area is 123 Å². The normalized spacial score (nSPS) is 20.2. The Balaban J connectivity index is 2.31. The minimum Gasteiger partial charge on any atom is -0.496 e. The van der Waals surface area contributed by atoms with Crippen LogP contribution in [0.25, 0.3) is 0 Å². The average Bonchev–Trinajstić information content (AvgIpc) is 2.79. The van der Waals surface area contributed by atoms with E-state index in [1.165, 1.54) is 24.1 Å². The van der Waals surface area contributed by atoms with E-state index in [-0.39, 0.29) is 28.9 Å². The van der Waals surface area contributed by atoms with Crippen molar-refractivity contribution in [2.24, 2.45) is 0 Å². The molecular formula is C14H18FNO4S. The van der Waals surface area contributed by atoms with Gasteiger partial charge >= 0.3 is 0 Å². The van der Waals surface area contributed by atoms with Crippen LogP contribution in [0.2, 0.25) is 0 Å². The average molecular weight is 315 g/mol. The molecule has 0 radical (unpaired) electrons. The van der Waals surface area contributed by atoms with Crippen molar-refractivity contribution in [1.29, 1.82) is 0 Å². The van der Waals surface area contributed by atoms with Gasteiger partial charge in [0, 0.05) is 12.6 Å². The van der Waals surface area contributed by atoms with Crippen molar-refractivity contribution in [3.05, 3.63) is 29.6 Å². The van der Waals surface area contributed by atoms with Crippen LogP contribution in [0.4, 0.5) is 4.39 Å². The van der Waals surface area contributed by atoms with Crippen molar-refractivity contribution in [2.75, 3.05) is 25.2 Å². The van der Waals surface area contributed by atoms with Gasteiger partial charge in [-0.1, -0.05) is 0 Å². The van der Waals surface area contributed by atoms with Crippen LogP contribution in [0.15, 0.2) is 18.2 Å². The molecule has 1 aromatic rings. The largest absolute Gasteiger partial charge is 0.496 e. The van der Waals surface area contributed by atoms with Crippen molar-refractivity contribution in [3.8, 4) is 5.75 Å². The van der Waals surface area contributed by atoms with Gasteiger partial charge in [-0.25, -0.2) is 12.8 Å². The molecular weight excluding hydrogens is 297 g/mol. The first-order valence-electron chi connectivity index (χ1n) is 6.73. The summed E-state index contributed by atoms with van der Waals surface area (Å²) in [6.07, 6.45) is 0.416. The summed E-state index contributed by atoms with van der Waals surface area (Å²) in [5.41, 5.74) is 0.114. The summed E-state index contributed by atoms with van der Waals surface area (Å²) in [5.74, 6) is -0.614. The quantitative estimate of drug-likeness (QED) is 0.844. The second kappa shape index (κ2) is 6.01. The van der Waals surface area contributed by atoms with Gasteiger partial charge in [0.05, 0.1) is 24.2 Å². The van der Waals surface area contributed by atoms with E-state index in [1.54, 1.807) is 6.92 Å². The van der Waals surface area contributed by atoms with Gasteiger partial charge in [0.2, 0.25) is 0 Å². The Morgan fingerprint density at radius 3 is 2.71 bits per heavy atom. The predicted octanol–water partition coefficient (Wildman–Crippen LogP) is 1.48. The molecule has 0 bridgehead atoms. The maximum atomic E-state index is 13.4. The SMILES string of the molecule is CCN(C(=O)c1cc(F)ccc1OC)C1CCS(=O)(=O)C1. The molecule has 2 rings (SSSR count). The maximum absolute atomic E-state index is 13.4. The lowest BCUT2D eigenvalue weighted by molar-refractivity contribution is 0.0704. The van der Waals surface area contributed by atoms with Gasteiger partial charge in [-0.2, -0.15) is 0 Å². The predicted molar refractivity (Wildman–Crippen MR) is 76.7 cm³/mol. The molecule has 1 atom stereocenters. The number of rotatable bonds is 4. The molecule has 5 nitrogen and oxygen atoms in total. The third-order valence-corrected chi connectivity index (χ3v) is 5.39. The van der Waals surface area contributed by atoms with E-state index in [9.17, 15) is 17.6 Å². The lowest BCUT2D eigenvalue weighted by atomic mass is 10.1. The van der Waals surface area contributed by atoms with Crippen LogP contribution in [0.5, 0.6) is 5.75 Å². The van der Waals surface area contributed by atoms with Crippen molar-refractivity contribution in [1.82, 2.24) is 4.90 Å². The van der Waals surface area contributed by atoms with Crippen LogP contribution in [0, 0.1) is 5.82 Å². The van der Waals surface area contributed by atoms with Crippen molar-refractivity contribution >= 4 is 15.7 Å². The van der Waals surface area contributed by atoms with Gasteiger partial charge in [0.25, 0.3) is 5.91 Å². The number of carbonyl (C=O) groups excluding carboxylic acids is 1. The maximum Gasteiger partial charge on any atom is 0.257 e. The number of nitrogens with zero attached hydrogens (tertiary/aromatic N) is 1. The molecule has 0 spiro atoms. The number of halogens is 1. The Kier molecular flexibility index (Phi) is 4.51. The fourth-order valence-corrected chi connectivity index (χ4v) is 4.32. The first kappa shape index (κ1) is 15.8. The van der Waals surface area contributed by atoms with Gasteiger partial charge in [-0.15, -0.1) is 0 Å². The van der Waals surface area contributed by atoms with E-state index in [0.717, 1.165) is 6.07 Å². The molecule has 1 aliphatic rings. The summed E-state index contributed by atoms with van der Waals surface area (Å²) >= 11 is 0. The van der Waals surface area contributed by atoms with Crippen molar-refractivity contribution in [2.45, 2.75) is 19.4 Å². The fraction of sp³-hybridized carbons (Fsp3) is 0.500. The summed E-state index contributed by atoms with van der Waals surface area (Å²) in [4.78, 5) is 14.1. The van der Waals surface area contributed by atoms with E-state index in [4.69, 9.17) is 4.74 Å². The van der Waals surface area contributed by atoms with Crippen LogP contribution in [0.1, 0.15) is 23.7 Å². The number of ether oxygens (including phenoxy) is 1. The number of amides is 1. The molecule has 1 aromatic carbocycles. The van der Waals surface area contributed by atoms with E-state index in [2.05, 4.69) is 0 Å². The molecule has 1 heterocycles. The number of benzene rings is 1. The van der Waals surface area contributed by atoms with Crippen LogP contribution >= 0.6 is 0 Å². The molecule has 7 heteroatoms. The van der Waals surface area contributed by atoms with Crippen molar-refractivity contribution in [3.63, 3.8) is 0 Å². The summed E-state index contributed by atoms with van der Waals surface area (Å²) in [6.45, 7) is 2.13. The van der Waals surface area contributed by atoms with Crippen molar-refractivity contribution < 1.29 is 22.3 Å². The number of hydrogen-bond donors (Lipinski definition) is 0. The molecule has 1 amide bonds. The van der Waals surface area contributed by atoms with Gasteiger partial charge in [0.15, 0.2) is 9.84 Å². The molecule has 0 aliphatic carbocycles. The standard InChI is InChI=1S/C14H18FNO4S/c1-3-16(11-6-7-21(18,19)9-11)14(17)12-8-10(15)4-5-13(12)20-2/h4-5,8,11H,3,6-7,9H2,1-2H3. The van der Waals surface area contributed by atoms with E-state index in [1.807, 2.05) is 0 Å². The third kappa shape index (κ3) is 3.34. The minimum absolute atomic E-state index is 0.0375. The Morgan fingerprint density at radius 1 is 1.48 bits per heavy atom. The molecule has 1 fully saturated rings. The fourth-order valence-electron chi connectivity index (χ4n) is 2.59. The van der Waals surface area contributed by atoms with Gasteiger partial charge < -0.3 is 9.64 Å². The zero-order valence-corrected chi connectivity index (χ0v) is 12.8. The van der Waals surface area contributed by atoms with Gasteiger partial charge in [-0.3, -0.25) is 4.79 Å². The molecule has 116 valence electrons. The number of carbonyl (C=O) groups is 1. The summed E-state index contributed by atoms with van der Waals surface area (Å²) in [7, 11) is -1.69. The van der Waals surface area contributed by atoms with Gasteiger partial charge in [-0.05, 0) is 31.5 Å². The summed E-state index contributed by atoms with van der Waals surface area (Å²) < 4.78 is 41.6. The highest BCUT2D eigenvalue weighted by Gasteiger charge is 2.35. The smallest absolute Gasteiger partial charge is 0.257 e. The molecule has 1 aliphatic heterocycles. The second-order valence-electron chi connectivity index (χ2n) is 4.99. The van der Waals surface area contributed by atoms with Crippen LogP contribution in [-0.4, -0.2) is 50.4 Å². The highest BCUT2D eigenvalue weighted by Crippen LogP contribution is 2.25. The van der Waals surface area contributed by atoms with E-state index < -0.39 is 21.6 Å². The number of hydrogen-bond acceptors (Lipinski definition) is 4. The van der Waals surface area contributed by atoms with Crippen LogP contribution in [0.3, 0.4) is 0 Å². The lowest BCUT2D eigenvalue weighted by Gasteiger charge is -2.27. The molecule has 1 saturated heterocycles. The Hall–Kier alpha value is -1.63. The van der Waals surface area contributed by atoms with Gasteiger partial charge in [0.1, 0.15) is 11.6 Å². The number of methoxy groups -OCH3 is 1.